The van der Waals surface area contributed by atoms with Crippen LogP contribution in [-0.4, -0.2) is 12.1 Å². The highest BCUT2D eigenvalue weighted by atomic mass is 16.5. The second kappa shape index (κ2) is 8.60. The SMILES string of the molecule is CC(C)(C)OC=O.CCCCC1CCCC1. The third-order valence-electron chi connectivity index (χ3n) is 2.84. The number of rotatable bonds is 4. The lowest BCUT2D eigenvalue weighted by atomic mass is 10.0. The molecule has 1 aliphatic rings. The maximum atomic E-state index is 9.60. The van der Waals surface area contributed by atoms with Crippen molar-refractivity contribution >= 4 is 6.47 Å². The molecule has 0 heterocycles. The van der Waals surface area contributed by atoms with Crippen LogP contribution < -0.4 is 0 Å². The van der Waals surface area contributed by atoms with Crippen LogP contribution in [0.3, 0.4) is 0 Å². The van der Waals surface area contributed by atoms with Crippen LogP contribution in [0.4, 0.5) is 0 Å². The van der Waals surface area contributed by atoms with Crippen LogP contribution >= 0.6 is 0 Å². The molecule has 0 aromatic rings. The number of ether oxygens (including phenoxy) is 1. The highest BCUT2D eigenvalue weighted by Crippen LogP contribution is 2.28. The highest BCUT2D eigenvalue weighted by Gasteiger charge is 2.13. The predicted molar refractivity (Wildman–Crippen MR) is 68.4 cm³/mol. The molecule has 0 radical (unpaired) electrons. The summed E-state index contributed by atoms with van der Waals surface area (Å²) in [6.45, 7) is 8.21. The first-order valence-corrected chi connectivity index (χ1v) is 6.61. The molecule has 0 spiro atoms. The Morgan fingerprint density at radius 1 is 1.25 bits per heavy atom. The molecule has 96 valence electrons. The van der Waals surface area contributed by atoms with Gasteiger partial charge in [-0.2, -0.15) is 0 Å². The molecule has 0 amide bonds. The van der Waals surface area contributed by atoms with E-state index < -0.39 is 0 Å². The van der Waals surface area contributed by atoms with Crippen LogP contribution in [0, 0.1) is 5.92 Å². The average molecular weight is 228 g/mol. The Morgan fingerprint density at radius 2 is 1.81 bits per heavy atom. The Hall–Kier alpha value is -0.530. The Balaban J connectivity index is 0.000000293. The molecule has 0 atom stereocenters. The molecule has 0 aliphatic heterocycles. The minimum absolute atomic E-state index is 0.318. The van der Waals surface area contributed by atoms with Gasteiger partial charge in [0.1, 0.15) is 5.60 Å². The molecule has 0 bridgehead atoms. The van der Waals surface area contributed by atoms with E-state index in [1.807, 2.05) is 20.8 Å². The van der Waals surface area contributed by atoms with Crippen LogP contribution in [0.25, 0.3) is 0 Å². The normalized spacial score (nSPS) is 16.5. The largest absolute Gasteiger partial charge is 0.462 e. The molecule has 2 nitrogen and oxygen atoms in total. The summed E-state index contributed by atoms with van der Waals surface area (Å²) in [6, 6.07) is 0. The van der Waals surface area contributed by atoms with E-state index in [0.29, 0.717) is 6.47 Å². The van der Waals surface area contributed by atoms with Gasteiger partial charge in [-0.3, -0.25) is 4.79 Å². The zero-order valence-electron chi connectivity index (χ0n) is 11.4. The summed E-state index contributed by atoms with van der Waals surface area (Å²) in [7, 11) is 0. The molecule has 16 heavy (non-hydrogen) atoms. The lowest BCUT2D eigenvalue weighted by Crippen LogP contribution is -2.17. The maximum Gasteiger partial charge on any atom is 0.293 e. The Labute approximate surface area is 101 Å². The van der Waals surface area contributed by atoms with Crippen LogP contribution in [0.2, 0.25) is 0 Å². The summed E-state index contributed by atoms with van der Waals surface area (Å²) in [5, 5.41) is 0. The van der Waals surface area contributed by atoms with Crippen LogP contribution in [-0.2, 0) is 9.53 Å². The van der Waals surface area contributed by atoms with Gasteiger partial charge >= 0.3 is 0 Å². The lowest BCUT2D eigenvalue weighted by Gasteiger charge is -2.14. The van der Waals surface area contributed by atoms with Gasteiger partial charge in [0.2, 0.25) is 0 Å². The maximum absolute atomic E-state index is 9.60. The molecular formula is C14H28O2. The van der Waals surface area contributed by atoms with Crippen molar-refractivity contribution in [3.8, 4) is 0 Å². The Bertz CT molecular complexity index is 164. The summed E-state index contributed by atoms with van der Waals surface area (Å²) in [6.07, 6.45) is 10.4. The van der Waals surface area contributed by atoms with Gasteiger partial charge in [-0.15, -0.1) is 0 Å². The van der Waals surface area contributed by atoms with Crippen molar-refractivity contribution in [3.63, 3.8) is 0 Å². The Kier molecular flexibility index (Phi) is 8.32. The molecule has 1 fully saturated rings. The van der Waals surface area contributed by atoms with Crippen molar-refractivity contribution in [1.82, 2.24) is 0 Å². The van der Waals surface area contributed by atoms with Crippen molar-refractivity contribution in [3.05, 3.63) is 0 Å². The zero-order chi connectivity index (χ0) is 12.4. The van der Waals surface area contributed by atoms with Crippen LogP contribution in [0.1, 0.15) is 72.6 Å². The highest BCUT2D eigenvalue weighted by molar-refractivity contribution is 5.37. The first-order valence-electron chi connectivity index (χ1n) is 6.61. The molecule has 0 aromatic heterocycles. The fourth-order valence-electron chi connectivity index (χ4n) is 1.94. The van der Waals surface area contributed by atoms with Gasteiger partial charge in [0.05, 0.1) is 0 Å². The molecule has 0 saturated heterocycles. The van der Waals surface area contributed by atoms with Gasteiger partial charge in [0.15, 0.2) is 0 Å². The monoisotopic (exact) mass is 228 g/mol. The Morgan fingerprint density at radius 3 is 2.12 bits per heavy atom. The van der Waals surface area contributed by atoms with Crippen molar-refractivity contribution in [2.75, 3.05) is 0 Å². The van der Waals surface area contributed by atoms with Gasteiger partial charge in [-0.25, -0.2) is 0 Å². The van der Waals surface area contributed by atoms with E-state index in [-0.39, 0.29) is 5.60 Å². The molecule has 0 unspecified atom stereocenters. The first-order chi connectivity index (χ1) is 7.49. The van der Waals surface area contributed by atoms with Gasteiger partial charge < -0.3 is 4.74 Å². The minimum atomic E-state index is -0.318. The predicted octanol–water partition coefficient (Wildman–Crippen LogP) is 4.32. The van der Waals surface area contributed by atoms with Crippen molar-refractivity contribution in [2.45, 2.75) is 78.2 Å². The second-order valence-electron chi connectivity index (χ2n) is 5.62. The zero-order valence-corrected chi connectivity index (χ0v) is 11.4. The van der Waals surface area contributed by atoms with Crippen molar-refractivity contribution in [1.29, 1.82) is 0 Å². The van der Waals surface area contributed by atoms with Gasteiger partial charge in [-0.05, 0) is 26.7 Å². The van der Waals surface area contributed by atoms with Gasteiger partial charge in [0, 0.05) is 0 Å². The number of carbonyl (C=O) groups is 1. The van der Waals surface area contributed by atoms with Crippen molar-refractivity contribution in [2.24, 2.45) is 5.92 Å². The standard InChI is InChI=1S/C9H18.C5H10O2/c1-2-3-6-9-7-4-5-8-9;1-5(2,3)7-4-6/h9H,2-8H2,1H3;4H,1-3H3. The quantitative estimate of drug-likeness (QED) is 0.670. The van der Waals surface area contributed by atoms with E-state index in [0.717, 1.165) is 5.92 Å². The smallest absolute Gasteiger partial charge is 0.293 e. The van der Waals surface area contributed by atoms with E-state index >= 15 is 0 Å². The summed E-state index contributed by atoms with van der Waals surface area (Å²) in [5.41, 5.74) is -0.318. The fraction of sp³-hybridized carbons (Fsp3) is 0.929. The van der Waals surface area contributed by atoms with E-state index in [2.05, 4.69) is 11.7 Å². The van der Waals surface area contributed by atoms with E-state index in [1.54, 1.807) is 0 Å². The third kappa shape index (κ3) is 10.0. The third-order valence-corrected chi connectivity index (χ3v) is 2.84. The van der Waals surface area contributed by atoms with Gasteiger partial charge in [0.25, 0.3) is 6.47 Å². The van der Waals surface area contributed by atoms with E-state index in [4.69, 9.17) is 0 Å². The molecule has 0 aromatic carbocycles. The van der Waals surface area contributed by atoms with E-state index in [1.165, 1.54) is 44.9 Å². The number of unbranched alkanes of at least 4 members (excludes halogenated alkanes) is 1. The number of hydrogen-bond donors (Lipinski definition) is 0. The molecular weight excluding hydrogens is 200 g/mol. The molecule has 2 heteroatoms. The van der Waals surface area contributed by atoms with E-state index in [9.17, 15) is 4.79 Å². The topological polar surface area (TPSA) is 26.3 Å². The average Bonchev–Trinajstić information content (AvgIpc) is 2.66. The minimum Gasteiger partial charge on any atom is -0.462 e. The summed E-state index contributed by atoms with van der Waals surface area (Å²) in [4.78, 5) is 9.60. The number of carbonyl (C=O) groups excluding carboxylic acids is 1. The summed E-state index contributed by atoms with van der Waals surface area (Å²) in [5.74, 6) is 1.12. The summed E-state index contributed by atoms with van der Waals surface area (Å²) >= 11 is 0. The van der Waals surface area contributed by atoms with Crippen LogP contribution in [0.15, 0.2) is 0 Å². The fourth-order valence-corrected chi connectivity index (χ4v) is 1.94. The molecule has 1 aliphatic carbocycles. The second-order valence-corrected chi connectivity index (χ2v) is 5.62. The molecule has 1 rings (SSSR count). The first kappa shape index (κ1) is 15.5. The van der Waals surface area contributed by atoms with Gasteiger partial charge in [-0.1, -0.05) is 51.9 Å². The number of hydrogen-bond acceptors (Lipinski definition) is 2. The van der Waals surface area contributed by atoms with Crippen molar-refractivity contribution < 1.29 is 9.53 Å². The molecule has 1 saturated carbocycles. The van der Waals surface area contributed by atoms with Crippen LogP contribution in [0.5, 0.6) is 0 Å². The molecule has 0 N–H and O–H groups in total. The lowest BCUT2D eigenvalue weighted by molar-refractivity contribution is -0.138. The summed E-state index contributed by atoms with van der Waals surface area (Å²) < 4.78 is 4.55.